The van der Waals surface area contributed by atoms with Crippen LogP contribution < -0.4 is 5.73 Å². The molecule has 1 aliphatic carbocycles. The SMILES string of the molecule is C#C/C=C\C=C(\N)Cc1ccc(/C=C/[C@H]2C(C)[C@@H](C)C[C@@]3(O)C(=O)O[C@H](C)[C@@H]23)nc1. The van der Waals surface area contributed by atoms with Gasteiger partial charge in [0.2, 0.25) is 0 Å². The molecule has 5 nitrogen and oxygen atoms in total. The largest absolute Gasteiger partial charge is 0.460 e. The highest BCUT2D eigenvalue weighted by molar-refractivity contribution is 5.82. The fourth-order valence-electron chi connectivity index (χ4n) is 4.77. The highest BCUT2D eigenvalue weighted by Gasteiger charge is 2.61. The van der Waals surface area contributed by atoms with Crippen LogP contribution >= 0.6 is 0 Å². The quantitative estimate of drug-likeness (QED) is 0.445. The number of terminal acetylenes is 1. The van der Waals surface area contributed by atoms with Crippen molar-refractivity contribution in [1.82, 2.24) is 4.98 Å². The lowest BCUT2D eigenvalue weighted by Crippen LogP contribution is -2.52. The standard InChI is InChI=1S/C25H30N2O3/c1-5-6-7-8-20(26)13-19-9-10-21(27-15-19)11-12-22-17(3)16(2)14-25(29)23(22)18(4)30-24(25)28/h1,6-12,15-18,22-23,29H,13-14,26H2,2-4H3/b7-6-,12-11+,20-8+/t16-,17?,18+,22-,23-,25-/m0/s1. The number of cyclic esters (lactones) is 1. The molecule has 6 atom stereocenters. The van der Waals surface area contributed by atoms with Crippen LogP contribution in [0.4, 0.5) is 0 Å². The van der Waals surface area contributed by atoms with Crippen LogP contribution in [0.5, 0.6) is 0 Å². The first-order chi connectivity index (χ1) is 14.3. The number of rotatable bonds is 5. The molecule has 30 heavy (non-hydrogen) atoms. The van der Waals surface area contributed by atoms with Gasteiger partial charge in [0.25, 0.3) is 0 Å². The lowest BCUT2D eigenvalue weighted by Gasteiger charge is -2.44. The first-order valence-corrected chi connectivity index (χ1v) is 10.4. The van der Waals surface area contributed by atoms with E-state index < -0.39 is 11.6 Å². The molecule has 5 heteroatoms. The van der Waals surface area contributed by atoms with E-state index in [9.17, 15) is 9.90 Å². The summed E-state index contributed by atoms with van der Waals surface area (Å²) < 4.78 is 5.41. The van der Waals surface area contributed by atoms with E-state index in [-0.39, 0.29) is 23.9 Å². The van der Waals surface area contributed by atoms with Crippen LogP contribution in [0.1, 0.15) is 38.4 Å². The van der Waals surface area contributed by atoms with Crippen molar-refractivity contribution >= 4 is 12.0 Å². The third kappa shape index (κ3) is 4.34. The maximum absolute atomic E-state index is 12.3. The minimum atomic E-state index is -1.39. The van der Waals surface area contributed by atoms with Gasteiger partial charge in [-0.05, 0) is 61.0 Å². The Labute approximate surface area is 178 Å². The molecule has 1 unspecified atom stereocenters. The molecule has 0 spiro atoms. The van der Waals surface area contributed by atoms with Crippen molar-refractivity contribution in [3.05, 3.63) is 59.6 Å². The number of nitrogens with zero attached hydrogens (tertiary/aromatic N) is 1. The Morgan fingerprint density at radius 2 is 2.20 bits per heavy atom. The van der Waals surface area contributed by atoms with Crippen molar-refractivity contribution in [1.29, 1.82) is 0 Å². The lowest BCUT2D eigenvalue weighted by atomic mass is 9.60. The third-order valence-corrected chi connectivity index (χ3v) is 6.50. The van der Waals surface area contributed by atoms with Crippen molar-refractivity contribution in [2.24, 2.45) is 29.4 Å². The second-order valence-corrected chi connectivity index (χ2v) is 8.57. The number of fused-ring (bicyclic) bond motifs is 1. The normalized spacial score (nSPS) is 34.2. The van der Waals surface area contributed by atoms with Crippen LogP contribution in [0.3, 0.4) is 0 Å². The number of pyridine rings is 1. The Balaban J connectivity index is 1.74. The van der Waals surface area contributed by atoms with Gasteiger partial charge in [-0.1, -0.05) is 38.0 Å². The van der Waals surface area contributed by atoms with Crippen LogP contribution in [-0.2, 0) is 16.0 Å². The van der Waals surface area contributed by atoms with Crippen LogP contribution in [-0.4, -0.2) is 27.8 Å². The summed E-state index contributed by atoms with van der Waals surface area (Å²) in [6.07, 6.45) is 16.9. The number of ether oxygens (including phenoxy) is 1. The number of carbonyl (C=O) groups is 1. The average Bonchev–Trinajstić information content (AvgIpc) is 2.92. The predicted molar refractivity (Wildman–Crippen MR) is 118 cm³/mol. The van der Waals surface area contributed by atoms with Gasteiger partial charge in [-0.3, -0.25) is 4.98 Å². The van der Waals surface area contributed by atoms with Gasteiger partial charge in [0.15, 0.2) is 5.60 Å². The maximum atomic E-state index is 12.3. The summed E-state index contributed by atoms with van der Waals surface area (Å²) in [7, 11) is 0. The number of carbonyl (C=O) groups excluding carboxylic acids is 1. The van der Waals surface area contributed by atoms with Crippen molar-refractivity contribution < 1.29 is 14.6 Å². The second-order valence-electron chi connectivity index (χ2n) is 8.57. The van der Waals surface area contributed by atoms with E-state index in [0.29, 0.717) is 24.5 Å². The number of allylic oxidation sites excluding steroid dienone is 5. The first kappa shape index (κ1) is 21.9. The molecule has 0 aromatic carbocycles. The Morgan fingerprint density at radius 3 is 2.87 bits per heavy atom. The molecule has 0 bridgehead atoms. The maximum Gasteiger partial charge on any atom is 0.338 e. The lowest BCUT2D eigenvalue weighted by molar-refractivity contribution is -0.160. The van der Waals surface area contributed by atoms with Crippen molar-refractivity contribution in [2.75, 3.05) is 0 Å². The summed E-state index contributed by atoms with van der Waals surface area (Å²) in [5.74, 6) is 2.26. The van der Waals surface area contributed by atoms with Crippen LogP contribution in [0.2, 0.25) is 0 Å². The zero-order valence-corrected chi connectivity index (χ0v) is 17.8. The van der Waals surface area contributed by atoms with E-state index in [1.54, 1.807) is 24.4 Å². The number of aromatic nitrogens is 1. The first-order valence-electron chi connectivity index (χ1n) is 10.4. The number of hydrogen-bond donors (Lipinski definition) is 2. The molecule has 1 saturated heterocycles. The molecule has 1 aliphatic heterocycles. The monoisotopic (exact) mass is 406 g/mol. The van der Waals surface area contributed by atoms with Gasteiger partial charge in [-0.2, -0.15) is 0 Å². The molecule has 2 heterocycles. The van der Waals surface area contributed by atoms with E-state index in [1.165, 1.54) is 0 Å². The van der Waals surface area contributed by atoms with E-state index in [0.717, 1.165) is 11.3 Å². The Bertz CT molecular complexity index is 909. The summed E-state index contributed by atoms with van der Waals surface area (Å²) in [5, 5.41) is 11.0. The fraction of sp³-hybridized carbons (Fsp3) is 0.440. The number of esters is 1. The number of aliphatic hydroxyl groups is 1. The molecule has 158 valence electrons. The Kier molecular flexibility index (Phi) is 6.48. The average molecular weight is 407 g/mol. The molecular formula is C25H30N2O3. The van der Waals surface area contributed by atoms with Crippen molar-refractivity contribution in [3.8, 4) is 12.3 Å². The predicted octanol–water partition coefficient (Wildman–Crippen LogP) is 3.25. The molecule has 2 fully saturated rings. The minimum Gasteiger partial charge on any atom is -0.460 e. The molecular weight excluding hydrogens is 376 g/mol. The van der Waals surface area contributed by atoms with Gasteiger partial charge in [0.1, 0.15) is 6.10 Å². The van der Waals surface area contributed by atoms with E-state index in [4.69, 9.17) is 16.9 Å². The molecule has 0 radical (unpaired) electrons. The minimum absolute atomic E-state index is 0.0307. The van der Waals surface area contributed by atoms with E-state index >= 15 is 0 Å². The van der Waals surface area contributed by atoms with Gasteiger partial charge in [-0.25, -0.2) is 4.79 Å². The van der Waals surface area contributed by atoms with Gasteiger partial charge in [0.05, 0.1) is 5.69 Å². The molecule has 1 aromatic rings. The van der Waals surface area contributed by atoms with Gasteiger partial charge in [0, 0.05) is 24.2 Å². The highest BCUT2D eigenvalue weighted by Crippen LogP contribution is 2.51. The summed E-state index contributed by atoms with van der Waals surface area (Å²) in [6.45, 7) is 6.13. The topological polar surface area (TPSA) is 85.4 Å². The smallest absolute Gasteiger partial charge is 0.338 e. The zero-order chi connectivity index (χ0) is 21.9. The highest BCUT2D eigenvalue weighted by atomic mass is 16.6. The summed E-state index contributed by atoms with van der Waals surface area (Å²) in [6, 6.07) is 3.94. The number of nitrogens with two attached hydrogens (primary N) is 1. The van der Waals surface area contributed by atoms with E-state index in [2.05, 4.69) is 30.8 Å². The van der Waals surface area contributed by atoms with Gasteiger partial charge in [-0.15, -0.1) is 6.42 Å². The third-order valence-electron chi connectivity index (χ3n) is 6.50. The summed E-state index contributed by atoms with van der Waals surface area (Å²) in [5.41, 5.74) is 7.13. The second kappa shape index (κ2) is 8.89. The number of hydrogen-bond acceptors (Lipinski definition) is 5. The molecule has 2 aliphatic rings. The molecule has 0 amide bonds. The van der Waals surface area contributed by atoms with Crippen LogP contribution in [0.15, 0.2) is 48.3 Å². The molecule has 1 aromatic heterocycles. The van der Waals surface area contributed by atoms with Crippen LogP contribution in [0.25, 0.3) is 6.08 Å². The Hall–Kier alpha value is -2.84. The zero-order valence-electron chi connectivity index (χ0n) is 17.8. The molecule has 3 N–H and O–H groups in total. The Morgan fingerprint density at radius 1 is 1.43 bits per heavy atom. The van der Waals surface area contributed by atoms with Crippen molar-refractivity contribution in [2.45, 2.75) is 45.3 Å². The van der Waals surface area contributed by atoms with Gasteiger partial charge >= 0.3 is 5.97 Å². The molecule has 3 rings (SSSR count). The van der Waals surface area contributed by atoms with E-state index in [1.807, 2.05) is 25.1 Å². The van der Waals surface area contributed by atoms with Crippen molar-refractivity contribution in [3.63, 3.8) is 0 Å². The fourth-order valence-corrected chi connectivity index (χ4v) is 4.77. The summed E-state index contributed by atoms with van der Waals surface area (Å²) in [4.78, 5) is 16.8. The van der Waals surface area contributed by atoms with Crippen LogP contribution in [0, 0.1) is 36.0 Å². The summed E-state index contributed by atoms with van der Waals surface area (Å²) >= 11 is 0. The van der Waals surface area contributed by atoms with Gasteiger partial charge < -0.3 is 15.6 Å². The molecule has 1 saturated carbocycles.